The lowest BCUT2D eigenvalue weighted by atomic mass is 10.1. The number of anilines is 2. The first-order chi connectivity index (χ1) is 14.2. The predicted octanol–water partition coefficient (Wildman–Crippen LogP) is 5.03. The van der Waals surface area contributed by atoms with E-state index in [4.69, 9.17) is 21.1 Å². The fourth-order valence-corrected chi connectivity index (χ4v) is 3.28. The van der Waals surface area contributed by atoms with Gasteiger partial charge in [0.15, 0.2) is 11.5 Å². The highest BCUT2D eigenvalue weighted by molar-refractivity contribution is 6.28. The van der Waals surface area contributed by atoms with Crippen molar-refractivity contribution in [1.29, 1.82) is 0 Å². The lowest BCUT2D eigenvalue weighted by molar-refractivity contribution is 0.356. The Morgan fingerprint density at radius 3 is 2.21 bits per heavy atom. The molecule has 4 rings (SSSR count). The third kappa shape index (κ3) is 4.22. The molecule has 2 aromatic carbocycles. The zero-order valence-electron chi connectivity index (χ0n) is 16.0. The summed E-state index contributed by atoms with van der Waals surface area (Å²) in [5.41, 5.74) is 3.99. The molecule has 0 fully saturated rings. The van der Waals surface area contributed by atoms with Crippen molar-refractivity contribution in [3.05, 3.63) is 77.3 Å². The Morgan fingerprint density at radius 2 is 1.52 bits per heavy atom. The van der Waals surface area contributed by atoms with Crippen molar-refractivity contribution in [1.82, 2.24) is 15.0 Å². The average molecular weight is 407 g/mol. The van der Waals surface area contributed by atoms with Gasteiger partial charge < -0.3 is 14.8 Å². The van der Waals surface area contributed by atoms with Crippen LogP contribution in [0.15, 0.2) is 60.9 Å². The molecule has 0 aliphatic carbocycles. The van der Waals surface area contributed by atoms with E-state index in [1.165, 1.54) is 11.1 Å². The summed E-state index contributed by atoms with van der Waals surface area (Å²) in [6.07, 6.45) is 4.46. The first-order valence-electron chi connectivity index (χ1n) is 9.00. The van der Waals surface area contributed by atoms with Crippen molar-refractivity contribution < 1.29 is 9.47 Å². The van der Waals surface area contributed by atoms with Crippen LogP contribution in [0.4, 0.5) is 11.5 Å². The fourth-order valence-electron chi connectivity index (χ4n) is 3.10. The molecule has 0 amide bonds. The molecule has 6 nitrogen and oxygen atoms in total. The normalized spacial score (nSPS) is 10.7. The molecule has 0 saturated heterocycles. The SMILES string of the molecule is COc1cc2nc(Cl)nc(Nc3ccc(Cc4ccncc4)cc3)c2cc1OC. The van der Waals surface area contributed by atoms with Gasteiger partial charge in [-0.3, -0.25) is 4.98 Å². The van der Waals surface area contributed by atoms with Gasteiger partial charge in [0.2, 0.25) is 5.28 Å². The Labute approximate surface area is 173 Å². The number of ether oxygens (including phenoxy) is 2. The first kappa shape index (κ1) is 19.0. The molecule has 146 valence electrons. The second kappa shape index (κ2) is 8.32. The lowest BCUT2D eigenvalue weighted by Crippen LogP contribution is -1.99. The number of hydrogen-bond donors (Lipinski definition) is 1. The van der Waals surface area contributed by atoms with Crippen LogP contribution in [0.2, 0.25) is 5.28 Å². The van der Waals surface area contributed by atoms with E-state index in [0.717, 1.165) is 17.5 Å². The van der Waals surface area contributed by atoms with Crippen LogP contribution in [0.1, 0.15) is 11.1 Å². The van der Waals surface area contributed by atoms with Crippen LogP contribution < -0.4 is 14.8 Å². The Hall–Kier alpha value is -3.38. The number of nitrogens with one attached hydrogen (secondary N) is 1. The summed E-state index contributed by atoms with van der Waals surface area (Å²) < 4.78 is 10.8. The van der Waals surface area contributed by atoms with Gasteiger partial charge in [-0.1, -0.05) is 12.1 Å². The van der Waals surface area contributed by atoms with E-state index in [2.05, 4.69) is 32.4 Å². The van der Waals surface area contributed by atoms with Crippen LogP contribution in [0.5, 0.6) is 11.5 Å². The molecule has 2 aromatic heterocycles. The number of benzene rings is 2. The van der Waals surface area contributed by atoms with Crippen molar-refractivity contribution >= 4 is 34.0 Å². The number of fused-ring (bicyclic) bond motifs is 1. The maximum absolute atomic E-state index is 6.14. The van der Waals surface area contributed by atoms with E-state index >= 15 is 0 Å². The van der Waals surface area contributed by atoms with Gasteiger partial charge in [-0.25, -0.2) is 4.98 Å². The van der Waals surface area contributed by atoms with E-state index in [9.17, 15) is 0 Å². The molecule has 4 aromatic rings. The molecule has 0 spiro atoms. The molecule has 0 bridgehead atoms. The molecule has 0 aliphatic heterocycles. The predicted molar refractivity (Wildman–Crippen MR) is 114 cm³/mol. The molecular weight excluding hydrogens is 388 g/mol. The van der Waals surface area contributed by atoms with Crippen molar-refractivity contribution in [2.75, 3.05) is 19.5 Å². The summed E-state index contributed by atoms with van der Waals surface area (Å²) >= 11 is 6.14. The molecule has 0 atom stereocenters. The monoisotopic (exact) mass is 406 g/mol. The summed E-state index contributed by atoms with van der Waals surface area (Å²) in [4.78, 5) is 12.7. The highest BCUT2D eigenvalue weighted by atomic mass is 35.5. The summed E-state index contributed by atoms with van der Waals surface area (Å²) in [7, 11) is 3.17. The van der Waals surface area contributed by atoms with Crippen molar-refractivity contribution in [3.63, 3.8) is 0 Å². The topological polar surface area (TPSA) is 69.2 Å². The molecule has 29 heavy (non-hydrogen) atoms. The number of rotatable bonds is 6. The second-order valence-electron chi connectivity index (χ2n) is 6.42. The van der Waals surface area contributed by atoms with E-state index in [0.29, 0.717) is 22.8 Å². The minimum atomic E-state index is 0.154. The smallest absolute Gasteiger partial charge is 0.224 e. The standard InChI is InChI=1S/C22H19ClN4O2/c1-28-19-12-17-18(13-20(19)29-2)26-22(23)27-21(17)25-16-5-3-14(4-6-16)11-15-7-9-24-10-8-15/h3-10,12-13H,11H2,1-2H3,(H,25,26,27). The van der Waals surface area contributed by atoms with Crippen LogP contribution in [0.25, 0.3) is 10.9 Å². The van der Waals surface area contributed by atoms with Gasteiger partial charge >= 0.3 is 0 Å². The maximum atomic E-state index is 6.14. The summed E-state index contributed by atoms with van der Waals surface area (Å²) in [6.45, 7) is 0. The molecular formula is C22H19ClN4O2. The third-order valence-corrected chi connectivity index (χ3v) is 4.72. The lowest BCUT2D eigenvalue weighted by Gasteiger charge is -2.13. The van der Waals surface area contributed by atoms with Crippen molar-refractivity contribution in [3.8, 4) is 11.5 Å². The zero-order valence-corrected chi connectivity index (χ0v) is 16.8. The fraction of sp³-hybridized carbons (Fsp3) is 0.136. The molecule has 7 heteroatoms. The number of methoxy groups -OCH3 is 2. The average Bonchev–Trinajstić information content (AvgIpc) is 2.75. The first-order valence-corrected chi connectivity index (χ1v) is 9.38. The van der Waals surface area contributed by atoms with Crippen LogP contribution >= 0.6 is 11.6 Å². The molecule has 1 N–H and O–H groups in total. The van der Waals surface area contributed by atoms with Crippen molar-refractivity contribution in [2.24, 2.45) is 0 Å². The highest BCUT2D eigenvalue weighted by Gasteiger charge is 2.13. The van der Waals surface area contributed by atoms with E-state index in [1.807, 2.05) is 30.3 Å². The van der Waals surface area contributed by atoms with Gasteiger partial charge in [-0.15, -0.1) is 0 Å². The molecule has 0 aliphatic rings. The minimum absolute atomic E-state index is 0.154. The third-order valence-electron chi connectivity index (χ3n) is 4.55. The Morgan fingerprint density at radius 1 is 0.862 bits per heavy atom. The van der Waals surface area contributed by atoms with Crippen LogP contribution in [-0.4, -0.2) is 29.2 Å². The maximum Gasteiger partial charge on any atom is 0.224 e. The van der Waals surface area contributed by atoms with Crippen LogP contribution in [-0.2, 0) is 6.42 Å². The summed E-state index contributed by atoms with van der Waals surface area (Å²) in [5.74, 6) is 1.78. The molecule has 0 radical (unpaired) electrons. The van der Waals surface area contributed by atoms with Crippen LogP contribution in [0.3, 0.4) is 0 Å². The minimum Gasteiger partial charge on any atom is -0.493 e. The number of nitrogens with zero attached hydrogens (tertiary/aromatic N) is 3. The second-order valence-corrected chi connectivity index (χ2v) is 6.76. The van der Waals surface area contributed by atoms with Gasteiger partial charge in [0, 0.05) is 29.5 Å². The zero-order chi connectivity index (χ0) is 20.2. The number of halogens is 1. The Bertz CT molecular complexity index is 1140. The number of pyridine rings is 1. The van der Waals surface area contributed by atoms with Gasteiger partial charge in [0.05, 0.1) is 19.7 Å². The van der Waals surface area contributed by atoms with Crippen molar-refractivity contribution in [2.45, 2.75) is 6.42 Å². The van der Waals surface area contributed by atoms with Gasteiger partial charge in [0.25, 0.3) is 0 Å². The summed E-state index contributed by atoms with van der Waals surface area (Å²) in [5, 5.41) is 4.26. The number of aromatic nitrogens is 3. The van der Waals surface area contributed by atoms with Gasteiger partial charge in [0.1, 0.15) is 5.82 Å². The van der Waals surface area contributed by atoms with E-state index in [-0.39, 0.29) is 5.28 Å². The molecule has 0 unspecified atom stereocenters. The van der Waals surface area contributed by atoms with Gasteiger partial charge in [-0.05, 0) is 59.5 Å². The largest absolute Gasteiger partial charge is 0.493 e. The quantitative estimate of drug-likeness (QED) is 0.453. The van der Waals surface area contributed by atoms with Gasteiger partial charge in [-0.2, -0.15) is 4.98 Å². The van der Waals surface area contributed by atoms with Crippen LogP contribution in [0, 0.1) is 0 Å². The molecule has 0 saturated carbocycles. The van der Waals surface area contributed by atoms with E-state index < -0.39 is 0 Å². The van der Waals surface area contributed by atoms with E-state index in [1.54, 1.807) is 32.7 Å². The Kier molecular flexibility index (Phi) is 5.44. The summed E-state index contributed by atoms with van der Waals surface area (Å²) in [6, 6.07) is 15.8. The molecule has 2 heterocycles. The Balaban J connectivity index is 1.63. The highest BCUT2D eigenvalue weighted by Crippen LogP contribution is 2.35. The number of hydrogen-bond acceptors (Lipinski definition) is 6.